The predicted molar refractivity (Wildman–Crippen MR) is 134 cm³/mol. The summed E-state index contributed by atoms with van der Waals surface area (Å²) in [6.07, 6.45) is 2.36. The summed E-state index contributed by atoms with van der Waals surface area (Å²) in [5, 5.41) is 3.87. The number of anilines is 1. The molecule has 0 fully saturated rings. The van der Waals surface area contributed by atoms with Gasteiger partial charge in [0.1, 0.15) is 18.1 Å². The lowest BCUT2D eigenvalue weighted by atomic mass is 10.1. The van der Waals surface area contributed by atoms with E-state index in [0.29, 0.717) is 29.4 Å². The van der Waals surface area contributed by atoms with E-state index in [4.69, 9.17) is 9.15 Å². The van der Waals surface area contributed by atoms with Crippen LogP contribution in [0.15, 0.2) is 64.1 Å². The Morgan fingerprint density at radius 3 is 2.43 bits per heavy atom. The smallest absolute Gasteiger partial charge is 0.338 e. The summed E-state index contributed by atoms with van der Waals surface area (Å²) in [7, 11) is -3.69. The maximum atomic E-state index is 12.4. The van der Waals surface area contributed by atoms with Gasteiger partial charge in [-0.25, -0.2) is 18.6 Å². The number of sulfonamides is 1. The number of hydrazone groups is 1. The monoisotopic (exact) mass is 497 g/mol. The van der Waals surface area contributed by atoms with Gasteiger partial charge in [-0.3, -0.25) is 9.10 Å². The van der Waals surface area contributed by atoms with Crippen molar-refractivity contribution in [2.45, 2.75) is 20.8 Å². The van der Waals surface area contributed by atoms with Gasteiger partial charge >= 0.3 is 5.97 Å². The normalized spacial score (nSPS) is 11.4. The highest BCUT2D eigenvalue weighted by atomic mass is 32.2. The van der Waals surface area contributed by atoms with Crippen molar-refractivity contribution in [1.29, 1.82) is 0 Å². The molecule has 3 rings (SSSR count). The predicted octanol–water partition coefficient (Wildman–Crippen LogP) is 3.66. The Bertz CT molecular complexity index is 1340. The number of carbonyl (C=O) groups is 2. The first-order valence-electron chi connectivity index (χ1n) is 10.8. The largest absolute Gasteiger partial charge is 0.462 e. The van der Waals surface area contributed by atoms with Gasteiger partial charge in [0.05, 0.1) is 30.3 Å². The van der Waals surface area contributed by atoms with Gasteiger partial charge in [-0.1, -0.05) is 29.8 Å². The van der Waals surface area contributed by atoms with Crippen LogP contribution in [0.2, 0.25) is 0 Å². The fourth-order valence-corrected chi connectivity index (χ4v) is 4.28. The minimum absolute atomic E-state index is 0.301. The summed E-state index contributed by atoms with van der Waals surface area (Å²) in [6.45, 7) is 5.32. The molecule has 0 aliphatic rings. The van der Waals surface area contributed by atoms with Gasteiger partial charge in [-0.05, 0) is 56.7 Å². The Labute approximate surface area is 204 Å². The Kier molecular flexibility index (Phi) is 8.08. The van der Waals surface area contributed by atoms with E-state index in [9.17, 15) is 18.0 Å². The van der Waals surface area contributed by atoms with Crippen molar-refractivity contribution in [2.75, 3.05) is 23.7 Å². The SMILES string of the molecule is CCOC(=O)c1ccc(-c2ccc(/C=N\NC(=O)CN(c3ccc(C)cc3C)S(C)(=O)=O)o2)cc1. The third kappa shape index (κ3) is 6.80. The Morgan fingerprint density at radius 2 is 1.80 bits per heavy atom. The van der Waals surface area contributed by atoms with Crippen LogP contribution in [-0.2, 0) is 19.6 Å². The molecule has 0 spiro atoms. The van der Waals surface area contributed by atoms with Crippen molar-refractivity contribution < 1.29 is 27.2 Å². The van der Waals surface area contributed by atoms with E-state index < -0.39 is 28.4 Å². The Hall–Kier alpha value is -3.92. The number of nitrogens with one attached hydrogen (secondary N) is 1. The van der Waals surface area contributed by atoms with Crippen LogP contribution >= 0.6 is 0 Å². The zero-order valence-electron chi connectivity index (χ0n) is 19.9. The summed E-state index contributed by atoms with van der Waals surface area (Å²) in [5.74, 6) is -0.0718. The van der Waals surface area contributed by atoms with Gasteiger partial charge in [0.25, 0.3) is 5.91 Å². The number of rotatable bonds is 9. The van der Waals surface area contributed by atoms with Crippen LogP contribution < -0.4 is 9.73 Å². The Balaban J connectivity index is 1.64. The van der Waals surface area contributed by atoms with Crippen molar-refractivity contribution >= 4 is 33.8 Å². The number of furan rings is 1. The first-order chi connectivity index (χ1) is 16.6. The van der Waals surface area contributed by atoms with Crippen molar-refractivity contribution in [3.63, 3.8) is 0 Å². The molecule has 184 valence electrons. The second-order valence-electron chi connectivity index (χ2n) is 7.85. The van der Waals surface area contributed by atoms with Crippen LogP contribution in [0.3, 0.4) is 0 Å². The number of esters is 1. The maximum Gasteiger partial charge on any atom is 0.338 e. The molecule has 0 aliphatic heterocycles. The molecule has 0 aliphatic carbocycles. The molecule has 0 saturated carbocycles. The summed E-state index contributed by atoms with van der Waals surface area (Å²) in [5.41, 5.74) is 5.68. The second-order valence-corrected chi connectivity index (χ2v) is 9.76. The molecule has 2 aromatic carbocycles. The van der Waals surface area contributed by atoms with Crippen LogP contribution in [0.1, 0.15) is 34.2 Å². The molecule has 0 unspecified atom stereocenters. The molecule has 0 bridgehead atoms. The summed E-state index contributed by atoms with van der Waals surface area (Å²) in [6, 6.07) is 15.5. The third-order valence-electron chi connectivity index (χ3n) is 5.00. The molecule has 35 heavy (non-hydrogen) atoms. The minimum atomic E-state index is -3.69. The van der Waals surface area contributed by atoms with Gasteiger partial charge < -0.3 is 9.15 Å². The number of nitrogens with zero attached hydrogens (tertiary/aromatic N) is 2. The van der Waals surface area contributed by atoms with E-state index in [1.807, 2.05) is 13.0 Å². The number of carbonyl (C=O) groups excluding carboxylic acids is 2. The third-order valence-corrected chi connectivity index (χ3v) is 6.12. The quantitative estimate of drug-likeness (QED) is 0.274. The number of benzene rings is 2. The lowest BCUT2D eigenvalue weighted by Crippen LogP contribution is -2.39. The van der Waals surface area contributed by atoms with E-state index in [-0.39, 0.29) is 0 Å². The van der Waals surface area contributed by atoms with Gasteiger partial charge in [0, 0.05) is 5.56 Å². The molecule has 10 heteroatoms. The number of hydrogen-bond acceptors (Lipinski definition) is 7. The highest BCUT2D eigenvalue weighted by Gasteiger charge is 2.22. The summed E-state index contributed by atoms with van der Waals surface area (Å²) >= 11 is 0. The minimum Gasteiger partial charge on any atom is -0.462 e. The van der Waals surface area contributed by atoms with E-state index in [2.05, 4.69) is 10.5 Å². The van der Waals surface area contributed by atoms with Crippen molar-refractivity contribution in [2.24, 2.45) is 5.10 Å². The van der Waals surface area contributed by atoms with E-state index in [1.54, 1.807) is 62.4 Å². The van der Waals surface area contributed by atoms with Crippen molar-refractivity contribution in [1.82, 2.24) is 5.43 Å². The number of amides is 1. The molecule has 3 aromatic rings. The average molecular weight is 498 g/mol. The number of aryl methyl sites for hydroxylation is 2. The summed E-state index contributed by atoms with van der Waals surface area (Å²) in [4.78, 5) is 24.2. The number of ether oxygens (including phenoxy) is 1. The standard InChI is InChI=1S/C25H27N3O6S/c1-5-33-25(30)20-9-7-19(8-10-20)23-13-11-21(34-23)15-26-27-24(29)16-28(35(4,31)32)22-12-6-17(2)14-18(22)3/h6-15H,5,16H2,1-4H3,(H,27,29)/b26-15-. The Morgan fingerprint density at radius 1 is 1.09 bits per heavy atom. The molecule has 0 radical (unpaired) electrons. The lowest BCUT2D eigenvalue weighted by Gasteiger charge is -2.23. The molecule has 1 amide bonds. The topological polar surface area (TPSA) is 118 Å². The summed E-state index contributed by atoms with van der Waals surface area (Å²) < 4.78 is 36.3. The first-order valence-corrected chi connectivity index (χ1v) is 12.7. The van der Waals surface area contributed by atoms with Gasteiger partial charge in [-0.2, -0.15) is 5.10 Å². The fourth-order valence-electron chi connectivity index (χ4n) is 3.36. The van der Waals surface area contributed by atoms with Crippen LogP contribution in [0.25, 0.3) is 11.3 Å². The average Bonchev–Trinajstić information content (AvgIpc) is 3.26. The van der Waals surface area contributed by atoms with Crippen LogP contribution in [0.4, 0.5) is 5.69 Å². The fraction of sp³-hybridized carbons (Fsp3) is 0.240. The highest BCUT2D eigenvalue weighted by molar-refractivity contribution is 7.92. The molecule has 0 atom stereocenters. The molecule has 0 saturated heterocycles. The van der Waals surface area contributed by atoms with Crippen LogP contribution in [-0.4, -0.2) is 45.9 Å². The maximum absolute atomic E-state index is 12.4. The zero-order chi connectivity index (χ0) is 25.6. The van der Waals surface area contributed by atoms with Crippen LogP contribution in [0, 0.1) is 13.8 Å². The van der Waals surface area contributed by atoms with Gasteiger partial charge in [0.15, 0.2) is 0 Å². The van der Waals surface area contributed by atoms with Crippen molar-refractivity contribution in [3.05, 3.63) is 77.0 Å². The van der Waals surface area contributed by atoms with Gasteiger partial charge in [0.2, 0.25) is 10.0 Å². The number of hydrogen-bond donors (Lipinski definition) is 1. The molecular weight excluding hydrogens is 470 g/mol. The lowest BCUT2D eigenvalue weighted by molar-refractivity contribution is -0.119. The van der Waals surface area contributed by atoms with Gasteiger partial charge in [-0.15, -0.1) is 0 Å². The molecular formula is C25H27N3O6S. The highest BCUT2D eigenvalue weighted by Crippen LogP contribution is 2.24. The van der Waals surface area contributed by atoms with Crippen molar-refractivity contribution in [3.8, 4) is 11.3 Å². The second kappa shape index (κ2) is 11.0. The molecule has 1 N–H and O–H groups in total. The molecule has 9 nitrogen and oxygen atoms in total. The first kappa shape index (κ1) is 25.7. The van der Waals surface area contributed by atoms with E-state index >= 15 is 0 Å². The molecule has 1 aromatic heterocycles. The van der Waals surface area contributed by atoms with E-state index in [1.165, 1.54) is 6.21 Å². The van der Waals surface area contributed by atoms with E-state index in [0.717, 1.165) is 27.3 Å². The zero-order valence-corrected chi connectivity index (χ0v) is 20.8. The molecule has 1 heterocycles. The van der Waals surface area contributed by atoms with Crippen LogP contribution in [0.5, 0.6) is 0 Å².